The first kappa shape index (κ1) is 13.9. The molecule has 1 unspecified atom stereocenters. The summed E-state index contributed by atoms with van der Waals surface area (Å²) in [6, 6.07) is 11.6. The number of ether oxygens (including phenoxy) is 2. The predicted octanol–water partition coefficient (Wildman–Crippen LogP) is 3.51. The Morgan fingerprint density at radius 2 is 2.13 bits per heavy atom. The van der Waals surface area contributed by atoms with Crippen molar-refractivity contribution in [1.82, 2.24) is 0 Å². The second-order valence-electron chi connectivity index (χ2n) is 5.89. The van der Waals surface area contributed by atoms with Crippen molar-refractivity contribution in [3.05, 3.63) is 53.1 Å². The van der Waals surface area contributed by atoms with Gasteiger partial charge >= 0.3 is 0 Å². The molecule has 2 aromatic carbocycles. The number of nitrogens with one attached hydrogen (secondary N) is 1. The van der Waals surface area contributed by atoms with Gasteiger partial charge in [-0.25, -0.2) is 0 Å². The molecular weight excluding hydrogens is 290 g/mol. The van der Waals surface area contributed by atoms with Gasteiger partial charge in [0.2, 0.25) is 0 Å². The van der Waals surface area contributed by atoms with Crippen LogP contribution in [0.15, 0.2) is 36.4 Å². The summed E-state index contributed by atoms with van der Waals surface area (Å²) in [6.45, 7) is 2.05. The first-order chi connectivity index (χ1) is 11.2. The molecule has 1 N–H and O–H groups in total. The van der Waals surface area contributed by atoms with E-state index in [0.717, 1.165) is 40.3 Å². The third kappa shape index (κ3) is 2.27. The Kier molecular flexibility index (Phi) is 3.11. The number of carbonyl (C=O) groups is 1. The van der Waals surface area contributed by atoms with Gasteiger partial charge in [0.05, 0.1) is 7.11 Å². The van der Waals surface area contributed by atoms with Gasteiger partial charge < -0.3 is 14.8 Å². The number of fused-ring (bicyclic) bond motifs is 2. The number of methoxy groups -OCH3 is 1. The van der Waals surface area contributed by atoms with Gasteiger partial charge in [0.15, 0.2) is 0 Å². The Morgan fingerprint density at radius 1 is 1.30 bits per heavy atom. The minimum absolute atomic E-state index is 0.0944. The van der Waals surface area contributed by atoms with Crippen LogP contribution < -0.4 is 14.8 Å². The zero-order chi connectivity index (χ0) is 16.0. The van der Waals surface area contributed by atoms with Gasteiger partial charge in [0.1, 0.15) is 17.6 Å². The number of benzene rings is 2. The highest BCUT2D eigenvalue weighted by molar-refractivity contribution is 6.35. The molecule has 0 bridgehead atoms. The lowest BCUT2D eigenvalue weighted by Crippen LogP contribution is -2.05. The van der Waals surface area contributed by atoms with E-state index in [0.29, 0.717) is 5.57 Å². The van der Waals surface area contributed by atoms with Crippen molar-refractivity contribution < 1.29 is 14.3 Å². The Balaban J connectivity index is 1.83. The fourth-order valence-electron chi connectivity index (χ4n) is 3.18. The summed E-state index contributed by atoms with van der Waals surface area (Å²) >= 11 is 0. The number of amides is 1. The van der Waals surface area contributed by atoms with Crippen molar-refractivity contribution in [2.24, 2.45) is 0 Å². The van der Waals surface area contributed by atoms with Crippen LogP contribution in [0.4, 0.5) is 5.69 Å². The molecule has 0 radical (unpaired) electrons. The predicted molar refractivity (Wildman–Crippen MR) is 89.7 cm³/mol. The van der Waals surface area contributed by atoms with Crippen LogP contribution in [-0.4, -0.2) is 19.1 Å². The molecule has 0 spiro atoms. The molecule has 0 saturated carbocycles. The molecule has 0 saturated heterocycles. The Morgan fingerprint density at radius 3 is 2.96 bits per heavy atom. The van der Waals surface area contributed by atoms with E-state index < -0.39 is 0 Å². The topological polar surface area (TPSA) is 47.6 Å². The summed E-state index contributed by atoms with van der Waals surface area (Å²) in [5.41, 5.74) is 4.39. The number of rotatable bonds is 2. The molecule has 0 aromatic heterocycles. The molecule has 4 heteroatoms. The third-order valence-corrected chi connectivity index (χ3v) is 4.26. The third-order valence-electron chi connectivity index (χ3n) is 4.26. The Bertz CT molecular complexity index is 839. The summed E-state index contributed by atoms with van der Waals surface area (Å²) in [5, 5.41) is 2.89. The second-order valence-corrected chi connectivity index (χ2v) is 5.89. The zero-order valence-corrected chi connectivity index (χ0v) is 13.1. The molecule has 1 amide bonds. The van der Waals surface area contributed by atoms with Gasteiger partial charge in [-0.2, -0.15) is 0 Å². The number of anilines is 1. The normalized spacial score (nSPS) is 20.0. The number of carbonyl (C=O) groups excluding carboxylic acids is 1. The lowest BCUT2D eigenvalue weighted by molar-refractivity contribution is -0.110. The average molecular weight is 307 g/mol. The number of hydrogen-bond donors (Lipinski definition) is 1. The van der Waals surface area contributed by atoms with Crippen LogP contribution >= 0.6 is 0 Å². The standard InChI is InChI=1S/C19H17NO3/c1-11-7-12-9-17(22-2)13(10-18(12)23-11)8-15-14-5-3-4-6-16(14)20-19(15)21/h3-6,8-11H,7H2,1-2H3,(H,20,21)/b15-8+. The quantitative estimate of drug-likeness (QED) is 0.864. The largest absolute Gasteiger partial charge is 0.496 e. The van der Waals surface area contributed by atoms with E-state index in [4.69, 9.17) is 9.47 Å². The van der Waals surface area contributed by atoms with Gasteiger partial charge in [-0.05, 0) is 31.2 Å². The summed E-state index contributed by atoms with van der Waals surface area (Å²) in [7, 11) is 1.64. The molecule has 2 aromatic rings. The minimum atomic E-state index is -0.0944. The average Bonchev–Trinajstić information content (AvgIpc) is 3.05. The van der Waals surface area contributed by atoms with E-state index in [-0.39, 0.29) is 12.0 Å². The van der Waals surface area contributed by atoms with Crippen molar-refractivity contribution in [3.8, 4) is 11.5 Å². The van der Waals surface area contributed by atoms with Crippen LogP contribution in [0.2, 0.25) is 0 Å². The van der Waals surface area contributed by atoms with Crippen LogP contribution in [0, 0.1) is 0 Å². The summed E-state index contributed by atoms with van der Waals surface area (Å²) < 4.78 is 11.3. The second kappa shape index (κ2) is 5.16. The van der Waals surface area contributed by atoms with Gasteiger partial charge in [-0.3, -0.25) is 4.79 Å². The highest BCUT2D eigenvalue weighted by Gasteiger charge is 2.25. The minimum Gasteiger partial charge on any atom is -0.496 e. The lowest BCUT2D eigenvalue weighted by Gasteiger charge is -2.09. The Labute approximate surface area is 134 Å². The molecule has 2 aliphatic rings. The van der Waals surface area contributed by atoms with Crippen LogP contribution in [0.3, 0.4) is 0 Å². The molecule has 4 rings (SSSR count). The van der Waals surface area contributed by atoms with Gasteiger partial charge in [-0.15, -0.1) is 0 Å². The molecular formula is C19H17NO3. The fourth-order valence-corrected chi connectivity index (χ4v) is 3.18. The first-order valence-corrected chi connectivity index (χ1v) is 7.65. The maximum Gasteiger partial charge on any atom is 0.256 e. The molecule has 23 heavy (non-hydrogen) atoms. The first-order valence-electron chi connectivity index (χ1n) is 7.65. The molecule has 116 valence electrons. The van der Waals surface area contributed by atoms with Crippen LogP contribution in [0.25, 0.3) is 11.6 Å². The van der Waals surface area contributed by atoms with Crippen molar-refractivity contribution in [1.29, 1.82) is 0 Å². The van der Waals surface area contributed by atoms with E-state index in [9.17, 15) is 4.79 Å². The molecule has 0 aliphatic carbocycles. The zero-order valence-electron chi connectivity index (χ0n) is 13.1. The monoisotopic (exact) mass is 307 g/mol. The van der Waals surface area contributed by atoms with Crippen molar-refractivity contribution >= 4 is 23.2 Å². The maximum atomic E-state index is 12.3. The summed E-state index contributed by atoms with van der Waals surface area (Å²) in [4.78, 5) is 12.3. The SMILES string of the molecule is COc1cc2c(cc1/C=C1/C(=O)Nc3ccccc31)OC(C)C2. The van der Waals surface area contributed by atoms with Crippen LogP contribution in [-0.2, 0) is 11.2 Å². The lowest BCUT2D eigenvalue weighted by atomic mass is 10.0. The molecule has 2 aliphatic heterocycles. The number of hydrogen-bond acceptors (Lipinski definition) is 3. The van der Waals surface area contributed by atoms with E-state index >= 15 is 0 Å². The van der Waals surface area contributed by atoms with Crippen molar-refractivity contribution in [2.45, 2.75) is 19.4 Å². The van der Waals surface area contributed by atoms with Gasteiger partial charge in [-0.1, -0.05) is 18.2 Å². The van der Waals surface area contributed by atoms with Crippen molar-refractivity contribution in [2.75, 3.05) is 12.4 Å². The summed E-state index contributed by atoms with van der Waals surface area (Å²) in [5.74, 6) is 1.53. The maximum absolute atomic E-state index is 12.3. The molecule has 1 atom stereocenters. The van der Waals surface area contributed by atoms with E-state index in [2.05, 4.69) is 5.32 Å². The van der Waals surface area contributed by atoms with Crippen LogP contribution in [0.5, 0.6) is 11.5 Å². The smallest absolute Gasteiger partial charge is 0.256 e. The van der Waals surface area contributed by atoms with E-state index in [1.165, 1.54) is 0 Å². The van der Waals surface area contributed by atoms with E-state index in [1.54, 1.807) is 7.11 Å². The summed E-state index contributed by atoms with van der Waals surface area (Å²) in [6.07, 6.45) is 2.92. The van der Waals surface area contributed by atoms with Gasteiger partial charge in [0.25, 0.3) is 5.91 Å². The van der Waals surface area contributed by atoms with E-state index in [1.807, 2.05) is 49.4 Å². The number of para-hydroxylation sites is 1. The van der Waals surface area contributed by atoms with Crippen LogP contribution in [0.1, 0.15) is 23.6 Å². The van der Waals surface area contributed by atoms with Crippen molar-refractivity contribution in [3.63, 3.8) is 0 Å². The molecule has 2 heterocycles. The molecule has 0 fully saturated rings. The highest BCUT2D eigenvalue weighted by Crippen LogP contribution is 2.38. The molecule has 4 nitrogen and oxygen atoms in total. The fraction of sp³-hybridized carbons (Fsp3) is 0.211. The van der Waals surface area contributed by atoms with Gasteiger partial charge in [0, 0.05) is 34.4 Å². The Hall–Kier alpha value is -2.75. The highest BCUT2D eigenvalue weighted by atomic mass is 16.5.